The van der Waals surface area contributed by atoms with Crippen molar-refractivity contribution in [2.45, 2.75) is 20.3 Å². The van der Waals surface area contributed by atoms with Crippen molar-refractivity contribution in [3.63, 3.8) is 0 Å². The van der Waals surface area contributed by atoms with Gasteiger partial charge in [-0.1, -0.05) is 13.8 Å². The summed E-state index contributed by atoms with van der Waals surface area (Å²) in [5.41, 5.74) is 1.65. The summed E-state index contributed by atoms with van der Waals surface area (Å²) in [5.74, 6) is 1.16. The average molecular weight is 370 g/mol. The fraction of sp³-hybridized carbons (Fsp3) is 0.429. The normalized spacial score (nSPS) is 14.5. The van der Waals surface area contributed by atoms with Gasteiger partial charge in [0.2, 0.25) is 0 Å². The van der Waals surface area contributed by atoms with E-state index in [2.05, 4.69) is 29.0 Å². The maximum atomic E-state index is 13.1. The number of rotatable bonds is 6. The van der Waals surface area contributed by atoms with Gasteiger partial charge >= 0.3 is 0 Å². The van der Waals surface area contributed by atoms with Crippen molar-refractivity contribution in [3.05, 3.63) is 54.0 Å². The number of aromatic nitrogens is 1. The van der Waals surface area contributed by atoms with Crippen molar-refractivity contribution in [2.24, 2.45) is 5.92 Å². The number of amides is 1. The number of hydrogen-bond donors (Lipinski definition) is 1. The molecular formula is C21H27FN4O. The van der Waals surface area contributed by atoms with Gasteiger partial charge in [-0.05, 0) is 48.7 Å². The minimum atomic E-state index is -0.233. The second kappa shape index (κ2) is 8.84. The molecule has 5 nitrogen and oxygen atoms in total. The van der Waals surface area contributed by atoms with E-state index in [0.29, 0.717) is 24.6 Å². The number of benzene rings is 1. The molecule has 0 radical (unpaired) electrons. The average Bonchev–Trinajstić information content (AvgIpc) is 2.68. The monoisotopic (exact) mass is 370 g/mol. The Balaban J connectivity index is 1.56. The van der Waals surface area contributed by atoms with Gasteiger partial charge in [0.15, 0.2) is 0 Å². The first-order valence-electron chi connectivity index (χ1n) is 9.52. The molecule has 0 saturated carbocycles. The zero-order valence-corrected chi connectivity index (χ0v) is 16.0. The molecule has 1 amide bonds. The van der Waals surface area contributed by atoms with Crippen molar-refractivity contribution in [1.82, 2.24) is 9.88 Å². The molecule has 2 aromatic rings. The second-order valence-corrected chi connectivity index (χ2v) is 7.29. The standard InChI is InChI=1S/C21H27FN4O/c1-16(2)7-9-23-20-15-17(8-10-24-20)21(27)26-13-11-25(12-14-26)19-5-3-18(22)4-6-19/h3-6,8,10,15-16H,7,9,11-14H2,1-2H3,(H,23,24). The molecule has 6 heteroatoms. The Morgan fingerprint density at radius 3 is 2.52 bits per heavy atom. The van der Waals surface area contributed by atoms with Gasteiger partial charge in [0.05, 0.1) is 0 Å². The van der Waals surface area contributed by atoms with Crippen LogP contribution in [0.3, 0.4) is 0 Å². The van der Waals surface area contributed by atoms with E-state index in [1.54, 1.807) is 24.4 Å². The molecule has 0 aliphatic carbocycles. The fourth-order valence-corrected chi connectivity index (χ4v) is 3.15. The number of piperazine rings is 1. The third-order valence-electron chi connectivity index (χ3n) is 4.79. The summed E-state index contributed by atoms with van der Waals surface area (Å²) < 4.78 is 13.1. The molecule has 2 heterocycles. The fourth-order valence-electron chi connectivity index (χ4n) is 3.15. The van der Waals surface area contributed by atoms with Crippen molar-refractivity contribution < 1.29 is 9.18 Å². The number of carbonyl (C=O) groups is 1. The molecule has 1 aromatic heterocycles. The van der Waals surface area contributed by atoms with Crippen LogP contribution < -0.4 is 10.2 Å². The van der Waals surface area contributed by atoms with Gasteiger partial charge in [0.1, 0.15) is 11.6 Å². The van der Waals surface area contributed by atoms with Gasteiger partial charge in [-0.2, -0.15) is 0 Å². The third kappa shape index (κ3) is 5.18. The van der Waals surface area contributed by atoms with Crippen LogP contribution in [-0.2, 0) is 0 Å². The van der Waals surface area contributed by atoms with Gasteiger partial charge in [0, 0.05) is 50.2 Å². The van der Waals surface area contributed by atoms with E-state index >= 15 is 0 Å². The Morgan fingerprint density at radius 2 is 1.85 bits per heavy atom. The van der Waals surface area contributed by atoms with E-state index in [-0.39, 0.29) is 11.7 Å². The number of halogens is 1. The first-order chi connectivity index (χ1) is 13.0. The molecule has 1 aliphatic heterocycles. The lowest BCUT2D eigenvalue weighted by atomic mass is 10.1. The Kier molecular flexibility index (Phi) is 6.27. The summed E-state index contributed by atoms with van der Waals surface area (Å²) in [7, 11) is 0. The Morgan fingerprint density at radius 1 is 1.15 bits per heavy atom. The van der Waals surface area contributed by atoms with Gasteiger partial charge in [0.25, 0.3) is 5.91 Å². The van der Waals surface area contributed by atoms with Crippen molar-refractivity contribution in [3.8, 4) is 0 Å². The van der Waals surface area contributed by atoms with E-state index in [4.69, 9.17) is 0 Å². The quantitative estimate of drug-likeness (QED) is 0.843. The lowest BCUT2D eigenvalue weighted by Crippen LogP contribution is -2.48. The molecule has 3 rings (SSSR count). The topological polar surface area (TPSA) is 48.5 Å². The predicted molar refractivity (Wildman–Crippen MR) is 107 cm³/mol. The van der Waals surface area contributed by atoms with Gasteiger partial charge in [-0.15, -0.1) is 0 Å². The number of nitrogens with zero attached hydrogens (tertiary/aromatic N) is 3. The van der Waals surface area contributed by atoms with Crippen molar-refractivity contribution in [2.75, 3.05) is 42.9 Å². The second-order valence-electron chi connectivity index (χ2n) is 7.29. The summed E-state index contributed by atoms with van der Waals surface area (Å²) in [4.78, 5) is 21.2. The zero-order chi connectivity index (χ0) is 19.2. The molecule has 144 valence electrons. The summed E-state index contributed by atoms with van der Waals surface area (Å²) in [6.07, 6.45) is 2.74. The van der Waals surface area contributed by atoms with Gasteiger partial charge in [-0.25, -0.2) is 9.37 Å². The Bertz CT molecular complexity index is 755. The SMILES string of the molecule is CC(C)CCNc1cc(C(=O)N2CCN(c3ccc(F)cc3)CC2)ccn1. The molecule has 0 atom stereocenters. The van der Waals surface area contributed by atoms with Crippen LogP contribution in [0.15, 0.2) is 42.6 Å². The van der Waals surface area contributed by atoms with E-state index in [1.165, 1.54) is 12.1 Å². The summed E-state index contributed by atoms with van der Waals surface area (Å²) >= 11 is 0. The van der Waals surface area contributed by atoms with Crippen LogP contribution in [-0.4, -0.2) is 48.5 Å². The van der Waals surface area contributed by atoms with Gasteiger partial charge < -0.3 is 15.1 Å². The van der Waals surface area contributed by atoms with E-state index < -0.39 is 0 Å². The lowest BCUT2D eigenvalue weighted by Gasteiger charge is -2.36. The molecule has 1 N–H and O–H groups in total. The van der Waals surface area contributed by atoms with Crippen molar-refractivity contribution >= 4 is 17.4 Å². The molecule has 1 aromatic carbocycles. The van der Waals surface area contributed by atoms with Crippen LogP contribution in [0.1, 0.15) is 30.6 Å². The number of carbonyl (C=O) groups excluding carboxylic acids is 1. The van der Waals surface area contributed by atoms with E-state index in [9.17, 15) is 9.18 Å². The summed E-state index contributed by atoms with van der Waals surface area (Å²) in [5, 5.41) is 3.29. The molecule has 0 bridgehead atoms. The molecule has 1 fully saturated rings. The van der Waals surface area contributed by atoms with E-state index in [1.807, 2.05) is 11.0 Å². The predicted octanol–water partition coefficient (Wildman–Crippen LogP) is 3.64. The Hall–Kier alpha value is -2.63. The molecule has 1 aliphatic rings. The Labute approximate surface area is 160 Å². The van der Waals surface area contributed by atoms with E-state index in [0.717, 1.165) is 37.6 Å². The minimum Gasteiger partial charge on any atom is -0.370 e. The number of nitrogens with one attached hydrogen (secondary N) is 1. The number of hydrogen-bond acceptors (Lipinski definition) is 4. The summed E-state index contributed by atoms with van der Waals surface area (Å²) in [6.45, 7) is 7.98. The summed E-state index contributed by atoms with van der Waals surface area (Å²) in [6, 6.07) is 10.1. The van der Waals surface area contributed by atoms with Crippen LogP contribution in [0.5, 0.6) is 0 Å². The lowest BCUT2D eigenvalue weighted by molar-refractivity contribution is 0.0746. The third-order valence-corrected chi connectivity index (χ3v) is 4.79. The molecular weight excluding hydrogens is 343 g/mol. The highest BCUT2D eigenvalue weighted by Crippen LogP contribution is 2.18. The first-order valence-corrected chi connectivity index (χ1v) is 9.52. The number of anilines is 2. The number of pyridine rings is 1. The molecule has 0 unspecified atom stereocenters. The molecule has 1 saturated heterocycles. The van der Waals surface area contributed by atoms with Crippen LogP contribution in [0.4, 0.5) is 15.9 Å². The van der Waals surface area contributed by atoms with Crippen LogP contribution in [0.25, 0.3) is 0 Å². The van der Waals surface area contributed by atoms with Crippen LogP contribution in [0, 0.1) is 11.7 Å². The maximum Gasteiger partial charge on any atom is 0.254 e. The largest absolute Gasteiger partial charge is 0.370 e. The van der Waals surface area contributed by atoms with Gasteiger partial charge in [-0.3, -0.25) is 4.79 Å². The highest BCUT2D eigenvalue weighted by Gasteiger charge is 2.22. The molecule has 0 spiro atoms. The smallest absolute Gasteiger partial charge is 0.254 e. The first kappa shape index (κ1) is 19.1. The maximum absolute atomic E-state index is 13.1. The zero-order valence-electron chi connectivity index (χ0n) is 16.0. The highest BCUT2D eigenvalue weighted by atomic mass is 19.1. The minimum absolute atomic E-state index is 0.0306. The van der Waals surface area contributed by atoms with Crippen LogP contribution >= 0.6 is 0 Å². The highest BCUT2D eigenvalue weighted by molar-refractivity contribution is 5.95. The van der Waals surface area contributed by atoms with Crippen LogP contribution in [0.2, 0.25) is 0 Å². The van der Waals surface area contributed by atoms with Crippen molar-refractivity contribution in [1.29, 1.82) is 0 Å². The molecule has 27 heavy (non-hydrogen) atoms.